The van der Waals surface area contributed by atoms with E-state index in [1.165, 1.54) is 102 Å². The van der Waals surface area contributed by atoms with Crippen molar-refractivity contribution in [2.45, 2.75) is 129 Å². The maximum Gasteiger partial charge on any atom is 0.0992 e. The van der Waals surface area contributed by atoms with Crippen LogP contribution in [0.15, 0.2) is 4.99 Å². The molecule has 0 aromatic carbocycles. The molecule has 1 aliphatic rings. The summed E-state index contributed by atoms with van der Waals surface area (Å²) in [7, 11) is 2.10. The Hall–Kier alpha value is -0.570. The minimum atomic E-state index is -0.323. The maximum atomic E-state index is 9.66. The molecule has 3 heteroatoms. The van der Waals surface area contributed by atoms with Crippen molar-refractivity contribution in [3.05, 3.63) is 0 Å². The Morgan fingerprint density at radius 2 is 1.27 bits per heavy atom. The summed E-state index contributed by atoms with van der Waals surface area (Å²) in [5, 5.41) is 9.66. The van der Waals surface area contributed by atoms with Gasteiger partial charge in [0.05, 0.1) is 18.0 Å². The van der Waals surface area contributed by atoms with E-state index in [0.29, 0.717) is 0 Å². The Balaban J connectivity index is 1.82. The number of unbranched alkanes of at least 4 members (excludes halogenated alkanes) is 14. The molecule has 2 atom stereocenters. The topological polar surface area (TPSA) is 35.8 Å². The normalized spacial score (nSPS) is 18.4. The third-order valence-electron chi connectivity index (χ3n) is 5.78. The molecule has 3 nitrogen and oxygen atoms in total. The van der Waals surface area contributed by atoms with Gasteiger partial charge in [0.15, 0.2) is 0 Å². The van der Waals surface area contributed by atoms with Gasteiger partial charge in [-0.15, -0.1) is 0 Å². The van der Waals surface area contributed by atoms with Gasteiger partial charge in [0, 0.05) is 20.0 Å². The second-order valence-corrected chi connectivity index (χ2v) is 8.43. The van der Waals surface area contributed by atoms with Crippen molar-refractivity contribution in [3.63, 3.8) is 0 Å². The van der Waals surface area contributed by atoms with E-state index >= 15 is 0 Å². The fourth-order valence-corrected chi connectivity index (χ4v) is 3.89. The molecule has 1 N–H and O–H groups in total. The molecule has 0 aromatic heterocycles. The molecule has 0 saturated heterocycles. The number of hydrogen-bond donors (Lipinski definition) is 1. The van der Waals surface area contributed by atoms with Gasteiger partial charge in [-0.05, 0) is 13.3 Å². The minimum absolute atomic E-state index is 0.0892. The molecular weight excluding hydrogens is 320 g/mol. The average molecular weight is 367 g/mol. The average Bonchev–Trinajstić information content (AvgIpc) is 2.99. The van der Waals surface area contributed by atoms with Crippen LogP contribution in [0.2, 0.25) is 0 Å². The third kappa shape index (κ3) is 11.2. The standard InChI is InChI=1S/C23H46N2O/c1-4-5-6-7-8-9-10-11-12-13-14-15-16-17-18-19-23-24-22(21(2)26)20-25(23)3/h21-22,26H,4-20H2,1-3H3. The van der Waals surface area contributed by atoms with Gasteiger partial charge in [0.2, 0.25) is 0 Å². The number of rotatable bonds is 17. The zero-order valence-corrected chi connectivity index (χ0v) is 18.0. The Labute approximate surface area is 163 Å². The number of likely N-dealkylation sites (N-methyl/N-ethyl adjacent to an activating group) is 1. The molecule has 0 bridgehead atoms. The molecular formula is C23H46N2O. The molecule has 1 aliphatic heterocycles. The first kappa shape index (κ1) is 23.5. The van der Waals surface area contributed by atoms with E-state index < -0.39 is 0 Å². The number of aliphatic hydroxyl groups is 1. The summed E-state index contributed by atoms with van der Waals surface area (Å²) in [6.07, 6.45) is 21.9. The second kappa shape index (κ2) is 15.5. The third-order valence-corrected chi connectivity index (χ3v) is 5.78. The number of hydrogen-bond acceptors (Lipinski definition) is 3. The van der Waals surface area contributed by atoms with Crippen molar-refractivity contribution >= 4 is 5.84 Å². The quantitative estimate of drug-likeness (QED) is 0.305. The lowest BCUT2D eigenvalue weighted by Crippen LogP contribution is -2.29. The van der Waals surface area contributed by atoms with Gasteiger partial charge in [-0.25, -0.2) is 0 Å². The molecule has 0 spiro atoms. The van der Waals surface area contributed by atoms with E-state index in [4.69, 9.17) is 0 Å². The molecule has 0 amide bonds. The number of aliphatic imine (C=N–C) groups is 1. The molecule has 0 aliphatic carbocycles. The zero-order valence-electron chi connectivity index (χ0n) is 18.0. The van der Waals surface area contributed by atoms with Gasteiger partial charge in [-0.1, -0.05) is 96.8 Å². The molecule has 0 fully saturated rings. The van der Waals surface area contributed by atoms with E-state index in [1.54, 1.807) is 0 Å². The van der Waals surface area contributed by atoms with Gasteiger partial charge in [0.1, 0.15) is 0 Å². The van der Waals surface area contributed by atoms with Crippen LogP contribution in [0.1, 0.15) is 117 Å². The molecule has 0 aromatic rings. The number of nitrogens with zero attached hydrogens (tertiary/aromatic N) is 2. The molecule has 2 unspecified atom stereocenters. The van der Waals surface area contributed by atoms with Crippen molar-refractivity contribution in [2.24, 2.45) is 4.99 Å². The zero-order chi connectivity index (χ0) is 19.0. The smallest absolute Gasteiger partial charge is 0.0992 e. The van der Waals surface area contributed by atoms with Crippen molar-refractivity contribution in [3.8, 4) is 0 Å². The van der Waals surface area contributed by atoms with Crippen LogP contribution in [0.4, 0.5) is 0 Å². The SMILES string of the molecule is CCCCCCCCCCCCCCCCCC1=NC(C(C)O)CN1C. The summed E-state index contributed by atoms with van der Waals surface area (Å²) >= 11 is 0. The highest BCUT2D eigenvalue weighted by molar-refractivity contribution is 5.83. The minimum Gasteiger partial charge on any atom is -0.391 e. The highest BCUT2D eigenvalue weighted by atomic mass is 16.3. The summed E-state index contributed by atoms with van der Waals surface area (Å²) in [5.74, 6) is 1.20. The molecule has 26 heavy (non-hydrogen) atoms. The summed E-state index contributed by atoms with van der Waals surface area (Å²) in [6.45, 7) is 5.01. The lowest BCUT2D eigenvalue weighted by atomic mass is 10.0. The molecule has 1 rings (SSSR count). The highest BCUT2D eigenvalue weighted by Crippen LogP contribution is 2.17. The summed E-state index contributed by atoms with van der Waals surface area (Å²) < 4.78 is 0. The largest absolute Gasteiger partial charge is 0.391 e. The first-order valence-corrected chi connectivity index (χ1v) is 11.6. The van der Waals surface area contributed by atoms with Gasteiger partial charge in [-0.3, -0.25) is 4.99 Å². The van der Waals surface area contributed by atoms with E-state index in [1.807, 2.05) is 6.92 Å². The van der Waals surface area contributed by atoms with E-state index in [9.17, 15) is 5.11 Å². The van der Waals surface area contributed by atoms with Crippen molar-refractivity contribution in [1.82, 2.24) is 4.90 Å². The van der Waals surface area contributed by atoms with Crippen LogP contribution in [0.25, 0.3) is 0 Å². The first-order valence-electron chi connectivity index (χ1n) is 11.6. The Kier molecular flexibility index (Phi) is 14.0. The van der Waals surface area contributed by atoms with Gasteiger partial charge in [-0.2, -0.15) is 0 Å². The number of aliphatic hydroxyl groups excluding tert-OH is 1. The van der Waals surface area contributed by atoms with Crippen LogP contribution in [-0.4, -0.2) is 41.6 Å². The van der Waals surface area contributed by atoms with Crippen molar-refractivity contribution in [2.75, 3.05) is 13.6 Å². The van der Waals surface area contributed by atoms with E-state index in [2.05, 4.69) is 23.9 Å². The molecule has 154 valence electrons. The highest BCUT2D eigenvalue weighted by Gasteiger charge is 2.24. The lowest BCUT2D eigenvalue weighted by Gasteiger charge is -2.15. The van der Waals surface area contributed by atoms with Crippen molar-refractivity contribution in [1.29, 1.82) is 0 Å². The van der Waals surface area contributed by atoms with Crippen LogP contribution in [0, 0.1) is 0 Å². The van der Waals surface area contributed by atoms with E-state index in [-0.39, 0.29) is 12.1 Å². The van der Waals surface area contributed by atoms with Crippen LogP contribution in [0.3, 0.4) is 0 Å². The van der Waals surface area contributed by atoms with Gasteiger partial charge >= 0.3 is 0 Å². The monoisotopic (exact) mass is 366 g/mol. The lowest BCUT2D eigenvalue weighted by molar-refractivity contribution is 0.162. The van der Waals surface area contributed by atoms with E-state index in [0.717, 1.165) is 13.0 Å². The molecule has 0 radical (unpaired) electrons. The molecule has 1 heterocycles. The predicted molar refractivity (Wildman–Crippen MR) is 115 cm³/mol. The fourth-order valence-electron chi connectivity index (χ4n) is 3.89. The molecule has 0 saturated carbocycles. The maximum absolute atomic E-state index is 9.66. The van der Waals surface area contributed by atoms with Crippen LogP contribution >= 0.6 is 0 Å². The summed E-state index contributed by atoms with van der Waals surface area (Å²) in [4.78, 5) is 6.89. The van der Waals surface area contributed by atoms with Crippen molar-refractivity contribution < 1.29 is 5.11 Å². The first-order chi connectivity index (χ1) is 12.6. The van der Waals surface area contributed by atoms with Gasteiger partial charge < -0.3 is 10.0 Å². The second-order valence-electron chi connectivity index (χ2n) is 8.43. The summed E-state index contributed by atoms with van der Waals surface area (Å²) in [5.41, 5.74) is 0. The fraction of sp³-hybridized carbons (Fsp3) is 0.957. The Morgan fingerprint density at radius 3 is 1.65 bits per heavy atom. The van der Waals surface area contributed by atoms with Crippen LogP contribution in [0.5, 0.6) is 0 Å². The Bertz CT molecular complexity index is 354. The number of amidine groups is 1. The van der Waals surface area contributed by atoms with Crippen LogP contribution in [-0.2, 0) is 0 Å². The predicted octanol–water partition coefficient (Wildman–Crippen LogP) is 6.34. The van der Waals surface area contributed by atoms with Crippen LogP contribution < -0.4 is 0 Å². The summed E-state index contributed by atoms with van der Waals surface area (Å²) in [6, 6.07) is 0.0892. The van der Waals surface area contributed by atoms with Gasteiger partial charge in [0.25, 0.3) is 0 Å². The Morgan fingerprint density at radius 1 is 0.846 bits per heavy atom.